The summed E-state index contributed by atoms with van der Waals surface area (Å²) < 4.78 is 18.1. The highest BCUT2D eigenvalue weighted by Crippen LogP contribution is 2.24. The zero-order valence-corrected chi connectivity index (χ0v) is 12.6. The molecule has 0 aliphatic rings. The van der Waals surface area contributed by atoms with Crippen molar-refractivity contribution in [3.63, 3.8) is 0 Å². The molecule has 1 aromatic carbocycles. The molecular weight excluding hydrogens is 291 g/mol. The number of nitrogens with one attached hydrogen (secondary N) is 1. The van der Waals surface area contributed by atoms with Crippen molar-refractivity contribution in [3.8, 4) is 10.6 Å². The number of halogens is 1. The fourth-order valence-electron chi connectivity index (χ4n) is 1.81. The maximum Gasteiger partial charge on any atom is 0.226 e. The summed E-state index contributed by atoms with van der Waals surface area (Å²) in [6.45, 7) is 1.22. The topological polar surface area (TPSA) is 51.2 Å². The molecule has 0 atom stereocenters. The fraction of sp³-hybridized carbons (Fsp3) is 0.333. The summed E-state index contributed by atoms with van der Waals surface area (Å²) in [5.41, 5.74) is 1.43. The number of nitrogens with zero attached hydrogens (tertiary/aromatic N) is 1. The Kier molecular flexibility index (Phi) is 5.83. The van der Waals surface area contributed by atoms with E-state index in [4.69, 9.17) is 4.74 Å². The molecular formula is C15H17FN2O2S. The summed E-state index contributed by atoms with van der Waals surface area (Å²) in [6, 6.07) is 6.28. The predicted octanol–water partition coefficient (Wildman–Crippen LogP) is 2.64. The number of thiazole rings is 1. The number of hydrogen-bond acceptors (Lipinski definition) is 4. The lowest BCUT2D eigenvalue weighted by Gasteiger charge is -2.03. The molecule has 0 bridgehead atoms. The van der Waals surface area contributed by atoms with Gasteiger partial charge in [0.2, 0.25) is 5.91 Å². The second-order valence-electron chi connectivity index (χ2n) is 4.53. The molecule has 0 unspecified atom stereocenters. The molecule has 21 heavy (non-hydrogen) atoms. The lowest BCUT2D eigenvalue weighted by atomic mass is 10.2. The van der Waals surface area contributed by atoms with Crippen LogP contribution in [0, 0.1) is 5.82 Å². The number of benzene rings is 1. The van der Waals surface area contributed by atoms with Crippen molar-refractivity contribution in [1.82, 2.24) is 10.3 Å². The van der Waals surface area contributed by atoms with E-state index in [1.165, 1.54) is 23.5 Å². The third-order valence-corrected chi connectivity index (χ3v) is 3.75. The lowest BCUT2D eigenvalue weighted by Crippen LogP contribution is -2.26. The van der Waals surface area contributed by atoms with Crippen LogP contribution in [0.15, 0.2) is 29.6 Å². The van der Waals surface area contributed by atoms with E-state index in [2.05, 4.69) is 10.3 Å². The first-order chi connectivity index (χ1) is 10.2. The van der Waals surface area contributed by atoms with Crippen LogP contribution in [0.5, 0.6) is 0 Å². The monoisotopic (exact) mass is 308 g/mol. The van der Waals surface area contributed by atoms with Crippen molar-refractivity contribution in [3.05, 3.63) is 41.2 Å². The van der Waals surface area contributed by atoms with Gasteiger partial charge >= 0.3 is 0 Å². The lowest BCUT2D eigenvalue weighted by molar-refractivity contribution is -0.120. The Morgan fingerprint density at radius 1 is 1.48 bits per heavy atom. The van der Waals surface area contributed by atoms with Crippen molar-refractivity contribution in [2.24, 2.45) is 0 Å². The second-order valence-corrected chi connectivity index (χ2v) is 5.39. The van der Waals surface area contributed by atoms with Gasteiger partial charge < -0.3 is 10.1 Å². The summed E-state index contributed by atoms with van der Waals surface area (Å²) in [6.07, 6.45) is 1.02. The number of aromatic nitrogens is 1. The molecule has 0 aliphatic heterocycles. The fourth-order valence-corrected chi connectivity index (χ4v) is 2.63. The average Bonchev–Trinajstić information content (AvgIpc) is 2.92. The first kappa shape index (κ1) is 15.6. The summed E-state index contributed by atoms with van der Waals surface area (Å²) >= 11 is 1.41. The van der Waals surface area contributed by atoms with Gasteiger partial charge in [0.1, 0.15) is 10.8 Å². The highest BCUT2D eigenvalue weighted by Gasteiger charge is 2.09. The van der Waals surface area contributed by atoms with Gasteiger partial charge in [0.05, 0.1) is 12.1 Å². The minimum atomic E-state index is -0.292. The molecule has 0 saturated carbocycles. The van der Waals surface area contributed by atoms with Gasteiger partial charge in [0.25, 0.3) is 0 Å². The molecule has 0 aliphatic carbocycles. The largest absolute Gasteiger partial charge is 0.385 e. The normalized spacial score (nSPS) is 10.6. The van der Waals surface area contributed by atoms with Gasteiger partial charge in [-0.1, -0.05) is 12.1 Å². The Labute approximate surface area is 127 Å². The van der Waals surface area contributed by atoms with Crippen LogP contribution in [0.4, 0.5) is 4.39 Å². The first-order valence-corrected chi connectivity index (χ1v) is 7.53. The zero-order valence-electron chi connectivity index (χ0n) is 11.8. The van der Waals surface area contributed by atoms with Crippen LogP contribution in [-0.2, 0) is 16.0 Å². The number of amides is 1. The Balaban J connectivity index is 1.90. The molecule has 1 heterocycles. The van der Waals surface area contributed by atoms with Crippen LogP contribution < -0.4 is 5.32 Å². The zero-order chi connectivity index (χ0) is 15.1. The van der Waals surface area contributed by atoms with Crippen LogP contribution in [0.2, 0.25) is 0 Å². The number of ether oxygens (including phenoxy) is 1. The Bertz CT molecular complexity index is 601. The molecule has 4 nitrogen and oxygen atoms in total. The maximum atomic E-state index is 13.2. The SMILES string of the molecule is COCCCNC(=O)Cc1csc(-c2cccc(F)c2)n1. The van der Waals surface area contributed by atoms with E-state index in [1.54, 1.807) is 19.2 Å². The molecule has 0 spiro atoms. The van der Waals surface area contributed by atoms with E-state index in [-0.39, 0.29) is 18.1 Å². The van der Waals surface area contributed by atoms with E-state index in [0.717, 1.165) is 17.0 Å². The molecule has 112 valence electrons. The Morgan fingerprint density at radius 3 is 3.10 bits per heavy atom. The third kappa shape index (κ3) is 4.91. The standard InChI is InChI=1S/C15H17FN2O2S/c1-20-7-3-6-17-14(19)9-13-10-21-15(18-13)11-4-2-5-12(16)8-11/h2,4-5,8,10H,3,6-7,9H2,1H3,(H,17,19). The van der Waals surface area contributed by atoms with Gasteiger partial charge in [-0.25, -0.2) is 9.37 Å². The maximum absolute atomic E-state index is 13.2. The molecule has 1 amide bonds. The van der Waals surface area contributed by atoms with Gasteiger partial charge in [0.15, 0.2) is 0 Å². The van der Waals surface area contributed by atoms with Gasteiger partial charge in [-0.15, -0.1) is 11.3 Å². The highest BCUT2D eigenvalue weighted by atomic mass is 32.1. The molecule has 2 aromatic rings. The molecule has 6 heteroatoms. The van der Waals surface area contributed by atoms with Crippen LogP contribution in [0.1, 0.15) is 12.1 Å². The van der Waals surface area contributed by atoms with E-state index < -0.39 is 0 Å². The van der Waals surface area contributed by atoms with Crippen molar-refractivity contribution < 1.29 is 13.9 Å². The molecule has 1 N–H and O–H groups in total. The van der Waals surface area contributed by atoms with Gasteiger partial charge in [-0.2, -0.15) is 0 Å². The first-order valence-electron chi connectivity index (χ1n) is 6.65. The predicted molar refractivity (Wildman–Crippen MR) is 80.7 cm³/mol. The van der Waals surface area contributed by atoms with Crippen LogP contribution >= 0.6 is 11.3 Å². The van der Waals surface area contributed by atoms with Crippen molar-refractivity contribution in [1.29, 1.82) is 0 Å². The molecule has 0 saturated heterocycles. The quantitative estimate of drug-likeness (QED) is 0.800. The number of methoxy groups -OCH3 is 1. The number of carbonyl (C=O) groups is 1. The van der Waals surface area contributed by atoms with Crippen LogP contribution in [0.3, 0.4) is 0 Å². The summed E-state index contributed by atoms with van der Waals surface area (Å²) in [4.78, 5) is 16.1. The van der Waals surface area contributed by atoms with E-state index in [9.17, 15) is 9.18 Å². The minimum absolute atomic E-state index is 0.0674. The van der Waals surface area contributed by atoms with Crippen LogP contribution in [0.25, 0.3) is 10.6 Å². The van der Waals surface area contributed by atoms with Crippen molar-refractivity contribution in [2.45, 2.75) is 12.8 Å². The van der Waals surface area contributed by atoms with Gasteiger partial charge in [0, 0.05) is 31.2 Å². The number of carbonyl (C=O) groups excluding carboxylic acids is 1. The minimum Gasteiger partial charge on any atom is -0.385 e. The van der Waals surface area contributed by atoms with Crippen molar-refractivity contribution in [2.75, 3.05) is 20.3 Å². The summed E-state index contributed by atoms with van der Waals surface area (Å²) in [5, 5.41) is 5.36. The van der Waals surface area contributed by atoms with Crippen LogP contribution in [-0.4, -0.2) is 31.2 Å². The highest BCUT2D eigenvalue weighted by molar-refractivity contribution is 7.13. The molecule has 1 aromatic heterocycles. The van der Waals surface area contributed by atoms with Gasteiger partial charge in [-0.3, -0.25) is 4.79 Å². The average molecular weight is 308 g/mol. The van der Waals surface area contributed by atoms with E-state index >= 15 is 0 Å². The van der Waals surface area contributed by atoms with E-state index in [0.29, 0.717) is 18.8 Å². The Morgan fingerprint density at radius 2 is 2.33 bits per heavy atom. The third-order valence-electron chi connectivity index (χ3n) is 2.81. The van der Waals surface area contributed by atoms with E-state index in [1.807, 2.05) is 5.38 Å². The molecule has 0 fully saturated rings. The van der Waals surface area contributed by atoms with Gasteiger partial charge in [-0.05, 0) is 18.6 Å². The second kappa shape index (κ2) is 7.85. The smallest absolute Gasteiger partial charge is 0.226 e. The number of hydrogen-bond donors (Lipinski definition) is 1. The van der Waals surface area contributed by atoms with Crippen molar-refractivity contribution >= 4 is 17.2 Å². The Hall–Kier alpha value is -1.79. The summed E-state index contributed by atoms with van der Waals surface area (Å²) in [7, 11) is 1.63. The summed E-state index contributed by atoms with van der Waals surface area (Å²) in [5.74, 6) is -0.359. The number of rotatable bonds is 7. The molecule has 2 rings (SSSR count). The molecule has 0 radical (unpaired) electrons.